The maximum absolute atomic E-state index is 11.6. The first-order chi connectivity index (χ1) is 8.02. The topological polar surface area (TPSA) is 59.1 Å². The van der Waals surface area contributed by atoms with Crippen LogP contribution in [0.2, 0.25) is 0 Å². The van der Waals surface area contributed by atoms with Crippen LogP contribution in [0.25, 0.3) is 0 Å². The second-order valence-corrected chi connectivity index (χ2v) is 7.46. The van der Waals surface area contributed by atoms with Crippen molar-refractivity contribution >= 4 is 21.2 Å². The van der Waals surface area contributed by atoms with Crippen LogP contribution >= 0.6 is 11.3 Å². The molecule has 0 bridgehead atoms. The lowest BCUT2D eigenvalue weighted by Gasteiger charge is -1.98. The van der Waals surface area contributed by atoms with Crippen molar-refractivity contribution in [2.75, 3.05) is 12.8 Å². The van der Waals surface area contributed by atoms with Gasteiger partial charge in [-0.15, -0.1) is 11.3 Å². The number of nitrogens with one attached hydrogen (secondary N) is 1. The maximum Gasteiger partial charge on any atom is 0.156 e. The lowest BCUT2D eigenvalue weighted by molar-refractivity contribution is 0.596. The van der Waals surface area contributed by atoms with Gasteiger partial charge in [-0.25, -0.2) is 13.4 Å². The minimum atomic E-state index is -2.98. The zero-order valence-electron chi connectivity index (χ0n) is 10.6. The van der Waals surface area contributed by atoms with Crippen LogP contribution in [-0.4, -0.2) is 26.2 Å². The molecule has 1 rings (SSSR count). The van der Waals surface area contributed by atoms with Gasteiger partial charge in [-0.1, -0.05) is 20.3 Å². The Balaban J connectivity index is 2.91. The Labute approximate surface area is 107 Å². The lowest BCUT2D eigenvalue weighted by Crippen LogP contribution is -2.06. The molecule has 0 aliphatic carbocycles. The molecule has 0 amide bonds. The third-order valence-electron chi connectivity index (χ3n) is 2.43. The van der Waals surface area contributed by atoms with E-state index in [1.165, 1.54) is 11.3 Å². The summed E-state index contributed by atoms with van der Waals surface area (Å²) >= 11 is 1.51. The molecule has 4 nitrogen and oxygen atoms in total. The second-order valence-electron chi connectivity index (χ2n) is 3.93. The van der Waals surface area contributed by atoms with E-state index in [9.17, 15) is 8.42 Å². The summed E-state index contributed by atoms with van der Waals surface area (Å²) in [5.74, 6) is 0.256. The van der Waals surface area contributed by atoms with E-state index in [0.717, 1.165) is 35.0 Å². The first-order valence-electron chi connectivity index (χ1n) is 5.84. The largest absolute Gasteiger partial charge is 0.315 e. The normalized spacial score (nSPS) is 11.9. The van der Waals surface area contributed by atoms with Crippen LogP contribution in [0, 0.1) is 0 Å². The Morgan fingerprint density at radius 3 is 2.59 bits per heavy atom. The zero-order chi connectivity index (χ0) is 12.9. The summed E-state index contributed by atoms with van der Waals surface area (Å²) in [6.45, 7) is 4.54. The molecule has 0 saturated heterocycles. The third-order valence-corrected chi connectivity index (χ3v) is 5.30. The van der Waals surface area contributed by atoms with Gasteiger partial charge in [0.2, 0.25) is 0 Å². The van der Waals surface area contributed by atoms with Crippen molar-refractivity contribution in [2.45, 2.75) is 39.0 Å². The number of hydrogen-bond acceptors (Lipinski definition) is 5. The van der Waals surface area contributed by atoms with Gasteiger partial charge < -0.3 is 5.32 Å². The molecule has 98 valence electrons. The number of aromatic nitrogens is 1. The molecule has 1 N–H and O–H groups in total. The second kappa shape index (κ2) is 6.47. The molecule has 1 aromatic heterocycles. The molecule has 6 heteroatoms. The van der Waals surface area contributed by atoms with Gasteiger partial charge in [0, 0.05) is 17.2 Å². The van der Waals surface area contributed by atoms with Gasteiger partial charge in [0.05, 0.1) is 5.69 Å². The number of aryl methyl sites for hydroxylation is 1. The number of hydrogen-bond donors (Lipinski definition) is 1. The summed E-state index contributed by atoms with van der Waals surface area (Å²) in [5.41, 5.74) is 1.05. The van der Waals surface area contributed by atoms with Crippen LogP contribution < -0.4 is 5.32 Å². The molecule has 17 heavy (non-hydrogen) atoms. The molecule has 0 aromatic carbocycles. The van der Waals surface area contributed by atoms with Gasteiger partial charge in [0.15, 0.2) is 9.84 Å². The molecule has 0 saturated carbocycles. The van der Waals surface area contributed by atoms with Crippen LogP contribution in [0.4, 0.5) is 0 Å². The van der Waals surface area contributed by atoms with Crippen LogP contribution in [-0.2, 0) is 28.6 Å². The fourth-order valence-corrected chi connectivity index (χ4v) is 3.86. The number of rotatable bonds is 7. The summed E-state index contributed by atoms with van der Waals surface area (Å²) in [5, 5.41) is 3.82. The molecule has 0 aliphatic heterocycles. The number of sulfone groups is 1. The van der Waals surface area contributed by atoms with E-state index in [-0.39, 0.29) is 11.5 Å². The Morgan fingerprint density at radius 2 is 2.06 bits per heavy atom. The fraction of sp³-hybridized carbons (Fsp3) is 0.727. The van der Waals surface area contributed by atoms with Crippen molar-refractivity contribution in [3.05, 3.63) is 15.6 Å². The van der Waals surface area contributed by atoms with Crippen molar-refractivity contribution in [3.8, 4) is 0 Å². The predicted molar refractivity (Wildman–Crippen MR) is 72.0 cm³/mol. The molecule has 0 aliphatic rings. The van der Waals surface area contributed by atoms with Crippen LogP contribution in [0.3, 0.4) is 0 Å². The van der Waals surface area contributed by atoms with Gasteiger partial charge >= 0.3 is 0 Å². The summed E-state index contributed by atoms with van der Waals surface area (Å²) in [6, 6.07) is 0. The molecule has 1 heterocycles. The first-order valence-corrected chi connectivity index (χ1v) is 8.48. The average Bonchev–Trinajstić information content (AvgIpc) is 2.61. The van der Waals surface area contributed by atoms with Gasteiger partial charge in [0.1, 0.15) is 10.8 Å². The highest BCUT2D eigenvalue weighted by Gasteiger charge is 2.15. The Morgan fingerprint density at radius 1 is 1.35 bits per heavy atom. The minimum absolute atomic E-state index is 0.0780. The SMILES string of the molecule is CCCc1nc(CS(=O)(=O)CC)sc1CNC. The highest BCUT2D eigenvalue weighted by atomic mass is 32.2. The summed E-state index contributed by atoms with van der Waals surface area (Å²) in [7, 11) is -1.09. The molecule has 1 aromatic rings. The minimum Gasteiger partial charge on any atom is -0.315 e. The van der Waals surface area contributed by atoms with E-state index >= 15 is 0 Å². The predicted octanol–water partition coefficient (Wildman–Crippen LogP) is 1.75. The monoisotopic (exact) mass is 276 g/mol. The summed E-state index contributed by atoms with van der Waals surface area (Å²) in [4.78, 5) is 5.61. The molecule has 0 fully saturated rings. The van der Waals surface area contributed by atoms with Crippen molar-refractivity contribution in [3.63, 3.8) is 0 Å². The first kappa shape index (κ1) is 14.6. The van der Waals surface area contributed by atoms with E-state index in [2.05, 4.69) is 17.2 Å². The van der Waals surface area contributed by atoms with Gasteiger partial charge in [-0.2, -0.15) is 0 Å². The van der Waals surface area contributed by atoms with E-state index in [4.69, 9.17) is 0 Å². The lowest BCUT2D eigenvalue weighted by atomic mass is 10.2. The number of thiazole rings is 1. The van der Waals surface area contributed by atoms with Crippen LogP contribution in [0.15, 0.2) is 0 Å². The van der Waals surface area contributed by atoms with E-state index in [0.29, 0.717) is 0 Å². The fourth-order valence-electron chi connectivity index (χ4n) is 1.52. The van der Waals surface area contributed by atoms with E-state index in [1.54, 1.807) is 6.92 Å². The molecule has 0 radical (unpaired) electrons. The number of nitrogens with zero attached hydrogens (tertiary/aromatic N) is 1. The smallest absolute Gasteiger partial charge is 0.156 e. The van der Waals surface area contributed by atoms with E-state index < -0.39 is 9.84 Å². The van der Waals surface area contributed by atoms with Crippen molar-refractivity contribution < 1.29 is 8.42 Å². The van der Waals surface area contributed by atoms with Crippen LogP contribution in [0.5, 0.6) is 0 Å². The third kappa shape index (κ3) is 4.37. The Hall–Kier alpha value is -0.460. The van der Waals surface area contributed by atoms with Crippen molar-refractivity contribution in [1.82, 2.24) is 10.3 Å². The van der Waals surface area contributed by atoms with Crippen LogP contribution in [0.1, 0.15) is 35.8 Å². The Kier molecular flexibility index (Phi) is 5.55. The maximum atomic E-state index is 11.6. The zero-order valence-corrected chi connectivity index (χ0v) is 12.2. The highest BCUT2D eigenvalue weighted by molar-refractivity contribution is 7.90. The van der Waals surface area contributed by atoms with Gasteiger partial charge in [-0.05, 0) is 13.5 Å². The summed E-state index contributed by atoms with van der Waals surface area (Å²) < 4.78 is 23.1. The molecular weight excluding hydrogens is 256 g/mol. The summed E-state index contributed by atoms with van der Waals surface area (Å²) in [6.07, 6.45) is 1.94. The van der Waals surface area contributed by atoms with Gasteiger partial charge in [-0.3, -0.25) is 0 Å². The molecule has 0 atom stereocenters. The molecule has 0 spiro atoms. The highest BCUT2D eigenvalue weighted by Crippen LogP contribution is 2.22. The average molecular weight is 276 g/mol. The van der Waals surface area contributed by atoms with Crippen molar-refractivity contribution in [2.24, 2.45) is 0 Å². The standard InChI is InChI=1S/C11H20N2O2S2/c1-4-6-9-10(7-12-3)16-11(13-9)8-17(14,15)5-2/h12H,4-8H2,1-3H3. The molecular formula is C11H20N2O2S2. The van der Waals surface area contributed by atoms with E-state index in [1.807, 2.05) is 7.05 Å². The molecule has 0 unspecified atom stereocenters. The van der Waals surface area contributed by atoms with Gasteiger partial charge in [0.25, 0.3) is 0 Å². The van der Waals surface area contributed by atoms with Crippen molar-refractivity contribution in [1.29, 1.82) is 0 Å². The quantitative estimate of drug-likeness (QED) is 0.824. The Bertz CT molecular complexity index is 429.